The molecule has 1 radical (unpaired) electrons. The molecule has 0 aromatic heterocycles. The minimum atomic E-state index is 0.396. The van der Waals surface area contributed by atoms with Gasteiger partial charge < -0.3 is 0 Å². The van der Waals surface area contributed by atoms with Crippen molar-refractivity contribution in [3.8, 4) is 0 Å². The first kappa shape index (κ1) is 10.3. The van der Waals surface area contributed by atoms with E-state index in [0.717, 1.165) is 5.92 Å². The van der Waals surface area contributed by atoms with Crippen LogP contribution < -0.4 is 0 Å². The third-order valence-electron chi connectivity index (χ3n) is 2.19. The summed E-state index contributed by atoms with van der Waals surface area (Å²) in [6.45, 7) is 10.6. The van der Waals surface area contributed by atoms with E-state index in [0.29, 0.717) is 5.92 Å². The van der Waals surface area contributed by atoms with E-state index in [1.807, 2.05) is 0 Å². The zero-order chi connectivity index (χ0) is 9.84. The molecule has 1 aromatic carbocycles. The zero-order valence-electron chi connectivity index (χ0n) is 8.88. The Hall–Kier alpha value is -0.780. The summed E-state index contributed by atoms with van der Waals surface area (Å²) in [5, 5.41) is 0. The Morgan fingerprint density at radius 1 is 1.08 bits per heavy atom. The van der Waals surface area contributed by atoms with E-state index in [2.05, 4.69) is 52.0 Å². The van der Waals surface area contributed by atoms with Gasteiger partial charge in [-0.1, -0.05) is 45.0 Å². The van der Waals surface area contributed by atoms with Crippen molar-refractivity contribution in [1.82, 2.24) is 0 Å². The lowest BCUT2D eigenvalue weighted by molar-refractivity contribution is 0.647. The van der Waals surface area contributed by atoms with E-state index in [9.17, 15) is 0 Å². The normalized spacial score (nSPS) is 11.2. The molecule has 71 valence electrons. The first-order chi connectivity index (χ1) is 6.09. The third-order valence-corrected chi connectivity index (χ3v) is 2.19. The molecule has 13 heavy (non-hydrogen) atoms. The molecule has 0 aliphatic carbocycles. The highest BCUT2D eigenvalue weighted by atomic mass is 14.1. The molecule has 0 spiro atoms. The molecule has 0 saturated carbocycles. The van der Waals surface area contributed by atoms with Crippen LogP contribution in [-0.4, -0.2) is 0 Å². The summed E-state index contributed by atoms with van der Waals surface area (Å²) in [5.41, 5.74) is 2.76. The van der Waals surface area contributed by atoms with Gasteiger partial charge in [0.15, 0.2) is 0 Å². The summed E-state index contributed by atoms with van der Waals surface area (Å²) < 4.78 is 0. The smallest absolute Gasteiger partial charge is 0.0190 e. The minimum Gasteiger partial charge on any atom is -0.0625 e. The number of hydrogen-bond donors (Lipinski definition) is 0. The summed E-state index contributed by atoms with van der Waals surface area (Å²) in [5.74, 6) is 1.14. The van der Waals surface area contributed by atoms with Crippen LogP contribution in [0.2, 0.25) is 0 Å². The Balaban J connectivity index is 2.70. The van der Waals surface area contributed by atoms with Crippen molar-refractivity contribution < 1.29 is 0 Å². The van der Waals surface area contributed by atoms with Crippen LogP contribution in [0, 0.1) is 12.8 Å². The first-order valence-electron chi connectivity index (χ1n) is 5.01. The van der Waals surface area contributed by atoms with E-state index >= 15 is 0 Å². The Bertz CT molecular complexity index is 241. The van der Waals surface area contributed by atoms with E-state index < -0.39 is 0 Å². The lowest BCUT2D eigenvalue weighted by Gasteiger charge is -2.08. The third kappa shape index (κ3) is 3.22. The van der Waals surface area contributed by atoms with Crippen molar-refractivity contribution in [2.75, 3.05) is 0 Å². The Labute approximate surface area is 82.0 Å². The maximum absolute atomic E-state index is 4.00. The summed E-state index contributed by atoms with van der Waals surface area (Å²) in [6, 6.07) is 8.82. The van der Waals surface area contributed by atoms with Crippen LogP contribution in [0.5, 0.6) is 0 Å². The second-order valence-corrected chi connectivity index (χ2v) is 4.24. The van der Waals surface area contributed by atoms with Crippen LogP contribution in [0.15, 0.2) is 24.3 Å². The summed E-state index contributed by atoms with van der Waals surface area (Å²) in [6.07, 6.45) is 1.17. The van der Waals surface area contributed by atoms with Crippen LogP contribution in [0.1, 0.15) is 37.8 Å². The molecular formula is C13H19. The molecule has 0 bridgehead atoms. The van der Waals surface area contributed by atoms with Crippen LogP contribution in [-0.2, 0) is 6.42 Å². The first-order valence-corrected chi connectivity index (χ1v) is 5.01. The molecule has 0 amide bonds. The number of rotatable bonds is 3. The molecular weight excluding hydrogens is 156 g/mol. The fourth-order valence-corrected chi connectivity index (χ4v) is 1.45. The zero-order valence-corrected chi connectivity index (χ0v) is 8.88. The van der Waals surface area contributed by atoms with Gasteiger partial charge in [0.2, 0.25) is 0 Å². The standard InChI is InChI=1S/C13H19/c1-10(2)9-12-5-7-13(8-6-12)11(3)4/h5-8,10-11H,3,9H2,1-2,4H3/t11-/m1/s1. The summed E-state index contributed by atoms with van der Waals surface area (Å²) >= 11 is 0. The van der Waals surface area contributed by atoms with E-state index in [4.69, 9.17) is 0 Å². The molecule has 0 fully saturated rings. The van der Waals surface area contributed by atoms with E-state index in [1.54, 1.807) is 0 Å². The topological polar surface area (TPSA) is 0 Å². The molecule has 1 atom stereocenters. The molecule has 1 rings (SSSR count). The fraction of sp³-hybridized carbons (Fsp3) is 0.462. The molecule has 0 nitrogen and oxygen atoms in total. The fourth-order valence-electron chi connectivity index (χ4n) is 1.45. The lowest BCUT2D eigenvalue weighted by atomic mass is 9.98. The van der Waals surface area contributed by atoms with Crippen molar-refractivity contribution >= 4 is 0 Å². The monoisotopic (exact) mass is 175 g/mol. The Morgan fingerprint density at radius 3 is 2.00 bits per heavy atom. The van der Waals surface area contributed by atoms with Crippen LogP contribution >= 0.6 is 0 Å². The van der Waals surface area contributed by atoms with Crippen molar-refractivity contribution in [3.63, 3.8) is 0 Å². The van der Waals surface area contributed by atoms with Gasteiger partial charge in [0.05, 0.1) is 0 Å². The van der Waals surface area contributed by atoms with E-state index in [1.165, 1.54) is 17.5 Å². The predicted octanol–water partition coefficient (Wildman–Crippen LogP) is 3.82. The van der Waals surface area contributed by atoms with Gasteiger partial charge in [-0.05, 0) is 36.3 Å². The highest BCUT2D eigenvalue weighted by Crippen LogP contribution is 2.15. The van der Waals surface area contributed by atoms with E-state index in [-0.39, 0.29) is 0 Å². The maximum atomic E-state index is 4.00. The average molecular weight is 175 g/mol. The average Bonchev–Trinajstić information content (AvgIpc) is 2.04. The van der Waals surface area contributed by atoms with Crippen molar-refractivity contribution in [2.24, 2.45) is 5.92 Å². The number of hydrogen-bond acceptors (Lipinski definition) is 0. The van der Waals surface area contributed by atoms with Crippen molar-refractivity contribution in [1.29, 1.82) is 0 Å². The second-order valence-electron chi connectivity index (χ2n) is 4.24. The Kier molecular flexibility index (Phi) is 3.53. The molecule has 0 heteroatoms. The van der Waals surface area contributed by atoms with Gasteiger partial charge in [-0.3, -0.25) is 0 Å². The van der Waals surface area contributed by atoms with Crippen molar-refractivity contribution in [3.05, 3.63) is 42.3 Å². The van der Waals surface area contributed by atoms with Gasteiger partial charge in [0.1, 0.15) is 0 Å². The van der Waals surface area contributed by atoms with Gasteiger partial charge in [0, 0.05) is 0 Å². The van der Waals surface area contributed by atoms with Gasteiger partial charge in [-0.15, -0.1) is 0 Å². The quantitative estimate of drug-likeness (QED) is 0.655. The van der Waals surface area contributed by atoms with Gasteiger partial charge in [-0.2, -0.15) is 0 Å². The molecule has 0 unspecified atom stereocenters. The minimum absolute atomic E-state index is 0.396. The summed E-state index contributed by atoms with van der Waals surface area (Å²) in [7, 11) is 0. The highest BCUT2D eigenvalue weighted by Gasteiger charge is 2.00. The SMILES string of the molecule is [CH2][C@H](C)c1ccc(CC(C)C)cc1. The highest BCUT2D eigenvalue weighted by molar-refractivity contribution is 5.25. The molecule has 0 saturated heterocycles. The molecule has 0 heterocycles. The molecule has 1 aromatic rings. The molecule has 0 aliphatic heterocycles. The largest absolute Gasteiger partial charge is 0.0625 e. The van der Waals surface area contributed by atoms with Crippen LogP contribution in [0.25, 0.3) is 0 Å². The number of benzene rings is 1. The molecule has 0 aliphatic rings. The van der Waals surface area contributed by atoms with Gasteiger partial charge >= 0.3 is 0 Å². The van der Waals surface area contributed by atoms with Gasteiger partial charge in [0.25, 0.3) is 0 Å². The summed E-state index contributed by atoms with van der Waals surface area (Å²) in [4.78, 5) is 0. The van der Waals surface area contributed by atoms with Crippen LogP contribution in [0.4, 0.5) is 0 Å². The molecule has 0 N–H and O–H groups in total. The van der Waals surface area contributed by atoms with Gasteiger partial charge in [-0.25, -0.2) is 0 Å². The maximum Gasteiger partial charge on any atom is -0.0190 e. The lowest BCUT2D eigenvalue weighted by Crippen LogP contribution is -1.94. The van der Waals surface area contributed by atoms with Crippen molar-refractivity contribution in [2.45, 2.75) is 33.1 Å². The van der Waals surface area contributed by atoms with Crippen LogP contribution in [0.3, 0.4) is 0 Å². The second kappa shape index (κ2) is 4.45. The predicted molar refractivity (Wildman–Crippen MR) is 58.8 cm³/mol. The Morgan fingerprint density at radius 2 is 1.62 bits per heavy atom.